The van der Waals surface area contributed by atoms with E-state index < -0.39 is 12.1 Å². The molecule has 1 aliphatic rings. The van der Waals surface area contributed by atoms with Gasteiger partial charge in [-0.15, -0.1) is 0 Å². The Morgan fingerprint density at radius 3 is 2.73 bits per heavy atom. The molecule has 1 aromatic carbocycles. The van der Waals surface area contributed by atoms with E-state index in [1.807, 2.05) is 42.8 Å². The Balaban J connectivity index is 1.86. The maximum Gasteiger partial charge on any atom is 0.247 e. The number of aryl methyl sites for hydroxylation is 1. The van der Waals surface area contributed by atoms with Crippen LogP contribution in [-0.4, -0.2) is 50.3 Å². The number of benzene rings is 1. The summed E-state index contributed by atoms with van der Waals surface area (Å²) in [6.07, 6.45) is 1.90. The van der Waals surface area contributed by atoms with Crippen LogP contribution in [-0.2, 0) is 16.0 Å². The monoisotopic (exact) mass is 356 g/mol. The third-order valence-electron chi connectivity index (χ3n) is 4.79. The van der Waals surface area contributed by atoms with Gasteiger partial charge in [-0.2, -0.15) is 5.10 Å². The molecule has 1 saturated heterocycles. The average molecular weight is 356 g/mol. The van der Waals surface area contributed by atoms with Crippen LogP contribution in [0.4, 0.5) is 5.69 Å². The zero-order valence-electron chi connectivity index (χ0n) is 15.3. The first-order chi connectivity index (χ1) is 12.4. The molecule has 2 heterocycles. The van der Waals surface area contributed by atoms with Gasteiger partial charge in [0.25, 0.3) is 0 Å². The fourth-order valence-electron chi connectivity index (χ4n) is 3.45. The Morgan fingerprint density at radius 2 is 2.08 bits per heavy atom. The number of carbonyl (C=O) groups excluding carboxylic acids is 2. The van der Waals surface area contributed by atoms with Crippen LogP contribution in [0, 0.1) is 6.92 Å². The maximum absolute atomic E-state index is 12.7. The van der Waals surface area contributed by atoms with E-state index in [4.69, 9.17) is 0 Å². The number of nitrogens with one attached hydrogen (secondary N) is 1. The highest BCUT2D eigenvalue weighted by Crippen LogP contribution is 2.24. The van der Waals surface area contributed by atoms with Crippen molar-refractivity contribution in [2.24, 2.45) is 0 Å². The van der Waals surface area contributed by atoms with Crippen molar-refractivity contribution < 1.29 is 14.7 Å². The minimum Gasteiger partial charge on any atom is -0.391 e. The summed E-state index contributed by atoms with van der Waals surface area (Å²) in [6, 6.07) is 7.26. The smallest absolute Gasteiger partial charge is 0.247 e. The Morgan fingerprint density at radius 1 is 1.35 bits per heavy atom. The minimum absolute atomic E-state index is 0.191. The number of likely N-dealkylation sites (tertiary alicyclic amines) is 1. The molecule has 0 unspecified atom stereocenters. The second kappa shape index (κ2) is 7.29. The van der Waals surface area contributed by atoms with E-state index in [0.29, 0.717) is 12.1 Å². The van der Waals surface area contributed by atoms with Crippen molar-refractivity contribution in [3.05, 3.63) is 41.7 Å². The lowest BCUT2D eigenvalue weighted by Gasteiger charge is -2.22. The lowest BCUT2D eigenvalue weighted by Crippen LogP contribution is -2.42. The molecular weight excluding hydrogens is 332 g/mol. The van der Waals surface area contributed by atoms with Gasteiger partial charge < -0.3 is 15.3 Å². The van der Waals surface area contributed by atoms with Crippen LogP contribution in [0.25, 0.3) is 5.69 Å². The lowest BCUT2D eigenvalue weighted by atomic mass is 10.1. The van der Waals surface area contributed by atoms with Gasteiger partial charge in [0.05, 0.1) is 29.4 Å². The molecule has 0 bridgehead atoms. The molecule has 1 aliphatic heterocycles. The van der Waals surface area contributed by atoms with E-state index in [1.165, 1.54) is 11.8 Å². The number of rotatable bonds is 4. The minimum atomic E-state index is -0.671. The molecule has 1 aromatic heterocycles. The summed E-state index contributed by atoms with van der Waals surface area (Å²) in [5.74, 6) is -0.510. The highest BCUT2D eigenvalue weighted by molar-refractivity contribution is 5.97. The van der Waals surface area contributed by atoms with Gasteiger partial charge in [-0.05, 0) is 25.0 Å². The number of hydrogen-bond donors (Lipinski definition) is 2. The number of anilines is 1. The molecular formula is C19H24N4O3. The molecule has 0 spiro atoms. The van der Waals surface area contributed by atoms with Crippen LogP contribution in [0.5, 0.6) is 0 Å². The van der Waals surface area contributed by atoms with Crippen molar-refractivity contribution >= 4 is 17.5 Å². The van der Waals surface area contributed by atoms with E-state index in [-0.39, 0.29) is 24.8 Å². The first-order valence-corrected chi connectivity index (χ1v) is 8.81. The van der Waals surface area contributed by atoms with Crippen LogP contribution in [0.2, 0.25) is 0 Å². The molecule has 2 amide bonds. The number of nitrogens with zero attached hydrogens (tertiary/aromatic N) is 3. The van der Waals surface area contributed by atoms with Gasteiger partial charge in [0.2, 0.25) is 11.8 Å². The Bertz CT molecular complexity index is 830. The zero-order valence-corrected chi connectivity index (χ0v) is 15.3. The van der Waals surface area contributed by atoms with Crippen molar-refractivity contribution in [3.8, 4) is 5.69 Å². The summed E-state index contributed by atoms with van der Waals surface area (Å²) in [7, 11) is 0. The molecule has 26 heavy (non-hydrogen) atoms. The number of aromatic nitrogens is 2. The van der Waals surface area contributed by atoms with Crippen LogP contribution in [0.3, 0.4) is 0 Å². The van der Waals surface area contributed by atoms with Crippen molar-refractivity contribution in [2.75, 3.05) is 11.9 Å². The first-order valence-electron chi connectivity index (χ1n) is 8.81. The number of hydrogen-bond acceptors (Lipinski definition) is 4. The van der Waals surface area contributed by atoms with Crippen molar-refractivity contribution in [1.82, 2.24) is 14.7 Å². The number of aliphatic hydroxyl groups is 1. The summed E-state index contributed by atoms with van der Waals surface area (Å²) in [6.45, 7) is 5.62. The molecule has 3 rings (SSSR count). The average Bonchev–Trinajstić information content (AvgIpc) is 3.18. The van der Waals surface area contributed by atoms with Crippen LogP contribution in [0.1, 0.15) is 31.5 Å². The molecule has 7 nitrogen and oxygen atoms in total. The van der Waals surface area contributed by atoms with Crippen molar-refractivity contribution in [1.29, 1.82) is 0 Å². The topological polar surface area (TPSA) is 87.5 Å². The van der Waals surface area contributed by atoms with Gasteiger partial charge in [-0.25, -0.2) is 4.68 Å². The fraction of sp³-hybridized carbons (Fsp3) is 0.421. The van der Waals surface area contributed by atoms with Gasteiger partial charge >= 0.3 is 0 Å². The Labute approximate surface area is 152 Å². The molecule has 0 radical (unpaired) electrons. The predicted molar refractivity (Wildman–Crippen MR) is 98.1 cm³/mol. The predicted octanol–water partition coefficient (Wildman–Crippen LogP) is 1.66. The number of amides is 2. The Kier molecular flexibility index (Phi) is 5.08. The third kappa shape index (κ3) is 3.35. The molecule has 1 fully saturated rings. The number of aliphatic hydroxyl groups excluding tert-OH is 1. The Hall–Kier alpha value is -2.67. The van der Waals surface area contributed by atoms with E-state index >= 15 is 0 Å². The van der Waals surface area contributed by atoms with Crippen LogP contribution in [0.15, 0.2) is 30.5 Å². The molecule has 2 atom stereocenters. The third-order valence-corrected chi connectivity index (χ3v) is 4.79. The zero-order chi connectivity index (χ0) is 18.8. The number of carbonyl (C=O) groups is 2. The van der Waals surface area contributed by atoms with E-state index in [0.717, 1.165) is 16.9 Å². The SMILES string of the molecule is CCc1c(NC(=O)[C@H]2C[C@@H](O)CN2C(C)=O)cnn1-c1ccccc1C. The van der Waals surface area contributed by atoms with Crippen molar-refractivity contribution in [2.45, 2.75) is 45.8 Å². The van der Waals surface area contributed by atoms with Gasteiger partial charge in [0.1, 0.15) is 6.04 Å². The van der Waals surface area contributed by atoms with Gasteiger partial charge in [0.15, 0.2) is 0 Å². The summed E-state index contributed by atoms with van der Waals surface area (Å²) >= 11 is 0. The second-order valence-electron chi connectivity index (χ2n) is 6.62. The quantitative estimate of drug-likeness (QED) is 0.872. The highest BCUT2D eigenvalue weighted by Gasteiger charge is 2.37. The number of β-amino-alcohol motifs (C(OH)–C–C–N with tert-alkyl or cyclic N) is 1. The standard InChI is InChI=1S/C19H24N4O3/c1-4-16-15(10-20-23(16)17-8-6-5-7-12(17)2)21-19(26)18-9-14(25)11-22(18)13(3)24/h5-8,10,14,18,25H,4,9,11H2,1-3H3,(H,21,26)/t14-,18-/m1/s1. The molecule has 7 heteroatoms. The van der Waals surface area contributed by atoms with Gasteiger partial charge in [-0.3, -0.25) is 9.59 Å². The number of para-hydroxylation sites is 1. The second-order valence-corrected chi connectivity index (χ2v) is 6.62. The molecule has 2 N–H and O–H groups in total. The van der Waals surface area contributed by atoms with Crippen LogP contribution < -0.4 is 5.32 Å². The summed E-state index contributed by atoms with van der Waals surface area (Å²) < 4.78 is 1.83. The molecule has 2 aromatic rings. The summed E-state index contributed by atoms with van der Waals surface area (Å²) in [5, 5.41) is 17.2. The normalized spacial score (nSPS) is 19.6. The van der Waals surface area contributed by atoms with Gasteiger partial charge in [0, 0.05) is 19.9 Å². The first kappa shape index (κ1) is 18.1. The lowest BCUT2D eigenvalue weighted by molar-refractivity contribution is -0.134. The van der Waals surface area contributed by atoms with E-state index in [9.17, 15) is 14.7 Å². The molecule has 0 aliphatic carbocycles. The maximum atomic E-state index is 12.7. The van der Waals surface area contributed by atoms with Crippen LogP contribution >= 0.6 is 0 Å². The largest absolute Gasteiger partial charge is 0.391 e. The van der Waals surface area contributed by atoms with Gasteiger partial charge in [-0.1, -0.05) is 25.1 Å². The van der Waals surface area contributed by atoms with E-state index in [1.54, 1.807) is 6.20 Å². The fourth-order valence-corrected chi connectivity index (χ4v) is 3.45. The highest BCUT2D eigenvalue weighted by atomic mass is 16.3. The van der Waals surface area contributed by atoms with E-state index in [2.05, 4.69) is 10.4 Å². The summed E-state index contributed by atoms with van der Waals surface area (Å²) in [5.41, 5.74) is 3.57. The van der Waals surface area contributed by atoms with Crippen molar-refractivity contribution in [3.63, 3.8) is 0 Å². The molecule has 0 saturated carbocycles. The molecule has 138 valence electrons. The summed E-state index contributed by atoms with van der Waals surface area (Å²) in [4.78, 5) is 25.8.